The Bertz CT molecular complexity index is 576. The van der Waals surface area contributed by atoms with Crippen molar-refractivity contribution in [2.24, 2.45) is 11.3 Å². The zero-order valence-corrected chi connectivity index (χ0v) is 15.7. The molecule has 0 bridgehead atoms. The maximum absolute atomic E-state index is 12.9. The van der Waals surface area contributed by atoms with E-state index in [-0.39, 0.29) is 11.9 Å². The lowest BCUT2D eigenvalue weighted by atomic mass is 9.77. The van der Waals surface area contributed by atoms with E-state index in [4.69, 9.17) is 0 Å². The number of alkyl carbamates (subject to hydrolysis) is 1. The maximum atomic E-state index is 12.9. The largest absolute Gasteiger partial charge is 0.453 e. The fourth-order valence-corrected chi connectivity index (χ4v) is 3.16. The van der Waals surface area contributed by atoms with Crippen LogP contribution in [0.2, 0.25) is 0 Å². The van der Waals surface area contributed by atoms with Crippen LogP contribution in [0.5, 0.6) is 0 Å². The van der Waals surface area contributed by atoms with Crippen molar-refractivity contribution in [3.05, 3.63) is 35.9 Å². The van der Waals surface area contributed by atoms with Crippen molar-refractivity contribution in [3.63, 3.8) is 0 Å². The van der Waals surface area contributed by atoms with Gasteiger partial charge in [0, 0.05) is 6.04 Å². The third-order valence-electron chi connectivity index (χ3n) is 4.92. The van der Waals surface area contributed by atoms with E-state index in [0.717, 1.165) is 19.3 Å². The summed E-state index contributed by atoms with van der Waals surface area (Å²) in [5.74, 6) is 0.355. The summed E-state index contributed by atoms with van der Waals surface area (Å²) in [6.45, 7) is 5.80. The van der Waals surface area contributed by atoms with Gasteiger partial charge in [-0.15, -0.1) is 0 Å². The van der Waals surface area contributed by atoms with Crippen LogP contribution >= 0.6 is 0 Å². The highest BCUT2D eigenvalue weighted by molar-refractivity contribution is 5.86. The minimum absolute atomic E-state index is 0.0907. The molecule has 2 atom stereocenters. The van der Waals surface area contributed by atoms with Crippen molar-refractivity contribution in [1.82, 2.24) is 10.6 Å². The number of carbonyl (C=O) groups is 2. The van der Waals surface area contributed by atoms with Crippen molar-refractivity contribution in [3.8, 4) is 0 Å². The number of methoxy groups -OCH3 is 1. The average molecular weight is 346 g/mol. The summed E-state index contributed by atoms with van der Waals surface area (Å²) in [6, 6.07) is 9.66. The molecule has 2 amide bonds. The number of ether oxygens (including phenoxy) is 1. The van der Waals surface area contributed by atoms with Gasteiger partial charge in [0.2, 0.25) is 5.91 Å². The lowest BCUT2D eigenvalue weighted by molar-refractivity contribution is -0.126. The molecule has 0 saturated heterocycles. The molecule has 5 heteroatoms. The van der Waals surface area contributed by atoms with Crippen LogP contribution in [-0.2, 0) is 16.0 Å². The first-order valence-corrected chi connectivity index (χ1v) is 9.00. The minimum atomic E-state index is -0.640. The van der Waals surface area contributed by atoms with Crippen molar-refractivity contribution in [2.45, 2.75) is 58.5 Å². The number of carbonyl (C=O) groups excluding carboxylic acids is 2. The molecule has 5 nitrogen and oxygen atoms in total. The molecule has 25 heavy (non-hydrogen) atoms. The molecule has 0 radical (unpaired) electrons. The Labute approximate surface area is 150 Å². The Morgan fingerprint density at radius 3 is 2.28 bits per heavy atom. The lowest BCUT2D eigenvalue weighted by Crippen LogP contribution is -2.57. The van der Waals surface area contributed by atoms with Gasteiger partial charge in [-0.25, -0.2) is 4.79 Å². The van der Waals surface area contributed by atoms with Crippen LogP contribution in [0.3, 0.4) is 0 Å². The summed E-state index contributed by atoms with van der Waals surface area (Å²) in [5.41, 5.74) is 0.808. The summed E-state index contributed by atoms with van der Waals surface area (Å²) in [5, 5.41) is 5.87. The second-order valence-electron chi connectivity index (χ2n) is 7.93. The molecule has 1 fully saturated rings. The molecule has 0 aliphatic heterocycles. The van der Waals surface area contributed by atoms with Gasteiger partial charge in [-0.2, -0.15) is 0 Å². The van der Waals surface area contributed by atoms with Gasteiger partial charge in [-0.1, -0.05) is 57.5 Å². The number of nitrogens with one attached hydrogen (secondary N) is 2. The Morgan fingerprint density at radius 1 is 1.16 bits per heavy atom. The van der Waals surface area contributed by atoms with Crippen LogP contribution < -0.4 is 10.6 Å². The summed E-state index contributed by atoms with van der Waals surface area (Å²) in [7, 11) is 1.31. The normalized spacial score (nSPS) is 17.1. The molecule has 1 aliphatic carbocycles. The van der Waals surface area contributed by atoms with Gasteiger partial charge >= 0.3 is 6.09 Å². The molecule has 2 N–H and O–H groups in total. The molecule has 1 saturated carbocycles. The molecule has 1 aromatic carbocycles. The first-order valence-electron chi connectivity index (χ1n) is 9.00. The number of amides is 2. The molecule has 138 valence electrons. The monoisotopic (exact) mass is 346 g/mol. The molecule has 0 aromatic heterocycles. The first kappa shape index (κ1) is 19.3. The zero-order chi connectivity index (χ0) is 18.4. The highest BCUT2D eigenvalue weighted by atomic mass is 16.5. The molecule has 0 heterocycles. The van der Waals surface area contributed by atoms with Gasteiger partial charge in [-0.05, 0) is 36.2 Å². The van der Waals surface area contributed by atoms with Crippen molar-refractivity contribution in [1.29, 1.82) is 0 Å². The predicted molar refractivity (Wildman–Crippen MR) is 98.2 cm³/mol. The molecular weight excluding hydrogens is 316 g/mol. The molecule has 1 unspecified atom stereocenters. The van der Waals surface area contributed by atoms with E-state index in [1.807, 2.05) is 39.0 Å². The number of benzene rings is 1. The fourth-order valence-electron chi connectivity index (χ4n) is 3.16. The predicted octanol–water partition coefficient (Wildman–Crippen LogP) is 3.28. The summed E-state index contributed by atoms with van der Waals surface area (Å²) >= 11 is 0. The molecule has 2 rings (SSSR count). The Morgan fingerprint density at radius 2 is 1.80 bits per heavy atom. The van der Waals surface area contributed by atoms with Gasteiger partial charge in [0.15, 0.2) is 0 Å². The number of hydrogen-bond acceptors (Lipinski definition) is 3. The van der Waals surface area contributed by atoms with Crippen LogP contribution in [0, 0.1) is 11.3 Å². The zero-order valence-electron chi connectivity index (χ0n) is 15.7. The van der Waals surface area contributed by atoms with Crippen LogP contribution in [0.15, 0.2) is 30.3 Å². The van der Waals surface area contributed by atoms with Crippen molar-refractivity contribution < 1.29 is 14.3 Å². The molecule has 1 aromatic rings. The van der Waals surface area contributed by atoms with E-state index in [9.17, 15) is 9.59 Å². The average Bonchev–Trinajstić information content (AvgIpc) is 2.50. The van der Waals surface area contributed by atoms with Gasteiger partial charge in [-0.3, -0.25) is 4.79 Å². The summed E-state index contributed by atoms with van der Waals surface area (Å²) in [4.78, 5) is 24.5. The number of rotatable bonds is 6. The SMILES string of the molecule is COC(=O)NC(C(=O)N[C@@H](Cc1ccccc1)C1CCC1)C(C)(C)C. The first-order chi connectivity index (χ1) is 11.8. The van der Waals surface area contributed by atoms with Crippen LogP contribution in [-0.4, -0.2) is 31.2 Å². The quantitative estimate of drug-likeness (QED) is 0.830. The van der Waals surface area contributed by atoms with Crippen LogP contribution in [0.1, 0.15) is 45.6 Å². The maximum Gasteiger partial charge on any atom is 0.407 e. The van der Waals surface area contributed by atoms with E-state index >= 15 is 0 Å². The molecule has 1 aliphatic rings. The second kappa shape index (κ2) is 8.37. The lowest BCUT2D eigenvalue weighted by Gasteiger charge is -2.37. The van der Waals surface area contributed by atoms with Crippen LogP contribution in [0.25, 0.3) is 0 Å². The van der Waals surface area contributed by atoms with Gasteiger partial charge < -0.3 is 15.4 Å². The van der Waals surface area contributed by atoms with Gasteiger partial charge in [0.1, 0.15) is 6.04 Å². The highest BCUT2D eigenvalue weighted by Crippen LogP contribution is 2.31. The van der Waals surface area contributed by atoms with Crippen molar-refractivity contribution >= 4 is 12.0 Å². The van der Waals surface area contributed by atoms with E-state index in [1.54, 1.807) is 0 Å². The van der Waals surface area contributed by atoms with E-state index in [0.29, 0.717) is 5.92 Å². The van der Waals surface area contributed by atoms with Crippen LogP contribution in [0.4, 0.5) is 4.79 Å². The molecule has 0 spiro atoms. The smallest absolute Gasteiger partial charge is 0.407 e. The third kappa shape index (κ3) is 5.48. The van der Waals surface area contributed by atoms with E-state index in [2.05, 4.69) is 27.5 Å². The van der Waals surface area contributed by atoms with Gasteiger partial charge in [0.25, 0.3) is 0 Å². The van der Waals surface area contributed by atoms with E-state index < -0.39 is 17.6 Å². The topological polar surface area (TPSA) is 67.4 Å². The Kier molecular flexibility index (Phi) is 6.45. The Hall–Kier alpha value is -2.04. The van der Waals surface area contributed by atoms with E-state index in [1.165, 1.54) is 19.1 Å². The minimum Gasteiger partial charge on any atom is -0.453 e. The standard InChI is InChI=1S/C20H30N2O3/c1-20(2,3)17(22-19(24)25-4)18(23)21-16(15-11-8-12-15)13-14-9-6-5-7-10-14/h5-7,9-10,15-17H,8,11-13H2,1-4H3,(H,21,23)(H,22,24)/t16-,17?/m0/s1. The van der Waals surface area contributed by atoms with Crippen molar-refractivity contribution in [2.75, 3.05) is 7.11 Å². The van der Waals surface area contributed by atoms with Gasteiger partial charge in [0.05, 0.1) is 7.11 Å². The fraction of sp³-hybridized carbons (Fsp3) is 0.600. The summed E-state index contributed by atoms with van der Waals surface area (Å²) in [6.07, 6.45) is 3.73. The second-order valence-corrected chi connectivity index (χ2v) is 7.93. The summed E-state index contributed by atoms with van der Waals surface area (Å²) < 4.78 is 4.68. The highest BCUT2D eigenvalue weighted by Gasteiger charge is 2.36. The Balaban J connectivity index is 2.09. The number of hydrogen-bond donors (Lipinski definition) is 2. The third-order valence-corrected chi connectivity index (χ3v) is 4.92. The molecular formula is C20H30N2O3.